The molecular weight excluding hydrogens is 140 g/mol. The number of rotatable bonds is 0. The van der Waals surface area contributed by atoms with Gasteiger partial charge in [0.25, 0.3) is 0 Å². The predicted octanol–water partition coefficient (Wildman–Crippen LogP) is 0.704. The SMILES string of the molecule is CC1(O)CCCN(C#N)CC1. The first-order chi connectivity index (χ1) is 5.14. The molecule has 0 spiro atoms. The van der Waals surface area contributed by atoms with Gasteiger partial charge in [-0.2, -0.15) is 5.26 Å². The van der Waals surface area contributed by atoms with Crippen LogP contribution in [0.2, 0.25) is 0 Å². The number of aliphatic hydroxyl groups is 1. The van der Waals surface area contributed by atoms with Crippen LogP contribution in [0, 0.1) is 11.5 Å². The Bertz CT molecular complexity index is 171. The van der Waals surface area contributed by atoms with Crippen LogP contribution in [0.15, 0.2) is 0 Å². The van der Waals surface area contributed by atoms with E-state index in [9.17, 15) is 5.11 Å². The van der Waals surface area contributed by atoms with E-state index in [0.29, 0.717) is 13.0 Å². The molecule has 3 nitrogen and oxygen atoms in total. The van der Waals surface area contributed by atoms with Gasteiger partial charge in [0.05, 0.1) is 5.60 Å². The van der Waals surface area contributed by atoms with Gasteiger partial charge in [-0.25, -0.2) is 0 Å². The number of likely N-dealkylation sites (tertiary alicyclic amines) is 1. The number of hydrogen-bond acceptors (Lipinski definition) is 3. The highest BCUT2D eigenvalue weighted by Gasteiger charge is 2.24. The van der Waals surface area contributed by atoms with Gasteiger partial charge in [-0.15, -0.1) is 0 Å². The van der Waals surface area contributed by atoms with Crippen molar-refractivity contribution in [2.75, 3.05) is 13.1 Å². The van der Waals surface area contributed by atoms with Crippen LogP contribution in [0.4, 0.5) is 0 Å². The molecule has 3 heteroatoms. The number of nitriles is 1. The summed E-state index contributed by atoms with van der Waals surface area (Å²) in [6.45, 7) is 3.34. The van der Waals surface area contributed by atoms with E-state index in [0.717, 1.165) is 19.4 Å². The molecule has 1 fully saturated rings. The smallest absolute Gasteiger partial charge is 0.179 e. The lowest BCUT2D eigenvalue weighted by Crippen LogP contribution is -2.25. The fourth-order valence-corrected chi connectivity index (χ4v) is 1.36. The minimum Gasteiger partial charge on any atom is -0.390 e. The second-order valence-corrected chi connectivity index (χ2v) is 3.44. The third-order valence-corrected chi connectivity index (χ3v) is 2.21. The predicted molar refractivity (Wildman–Crippen MR) is 41.7 cm³/mol. The Hall–Kier alpha value is -0.750. The standard InChI is InChI=1S/C8H14N2O/c1-8(11)3-2-5-10(7-9)6-4-8/h11H,2-6H2,1H3. The molecule has 0 aromatic carbocycles. The van der Waals surface area contributed by atoms with Crippen LogP contribution in [0.25, 0.3) is 0 Å². The number of hydrogen-bond donors (Lipinski definition) is 1. The van der Waals surface area contributed by atoms with E-state index in [2.05, 4.69) is 6.19 Å². The van der Waals surface area contributed by atoms with E-state index in [1.807, 2.05) is 6.92 Å². The zero-order chi connectivity index (χ0) is 8.32. The van der Waals surface area contributed by atoms with E-state index in [1.54, 1.807) is 4.90 Å². The highest BCUT2D eigenvalue weighted by Crippen LogP contribution is 2.20. The average Bonchev–Trinajstić information content (AvgIpc) is 2.10. The van der Waals surface area contributed by atoms with Gasteiger partial charge in [0.2, 0.25) is 0 Å². The fourth-order valence-electron chi connectivity index (χ4n) is 1.36. The van der Waals surface area contributed by atoms with Crippen LogP contribution < -0.4 is 0 Å². The quantitative estimate of drug-likeness (QED) is 0.522. The fraction of sp³-hybridized carbons (Fsp3) is 0.875. The molecule has 1 heterocycles. The lowest BCUT2D eigenvalue weighted by molar-refractivity contribution is 0.0460. The summed E-state index contributed by atoms with van der Waals surface area (Å²) in [5.41, 5.74) is -0.550. The van der Waals surface area contributed by atoms with Crippen LogP contribution in [-0.4, -0.2) is 28.7 Å². The van der Waals surface area contributed by atoms with E-state index in [1.165, 1.54) is 0 Å². The first-order valence-electron chi connectivity index (χ1n) is 4.01. The van der Waals surface area contributed by atoms with Crippen molar-refractivity contribution in [3.05, 3.63) is 0 Å². The molecule has 1 atom stereocenters. The second-order valence-electron chi connectivity index (χ2n) is 3.44. The van der Waals surface area contributed by atoms with E-state index in [-0.39, 0.29) is 0 Å². The van der Waals surface area contributed by atoms with E-state index in [4.69, 9.17) is 5.26 Å². The molecule has 0 saturated carbocycles. The van der Waals surface area contributed by atoms with Gasteiger partial charge in [0.15, 0.2) is 6.19 Å². The van der Waals surface area contributed by atoms with Crippen LogP contribution in [0.3, 0.4) is 0 Å². The molecule has 0 bridgehead atoms. The zero-order valence-electron chi connectivity index (χ0n) is 6.88. The molecule has 0 aromatic heterocycles. The Balaban J connectivity index is 2.47. The summed E-state index contributed by atoms with van der Waals surface area (Å²) in [5.74, 6) is 0. The van der Waals surface area contributed by atoms with Crippen LogP contribution in [0.5, 0.6) is 0 Å². The monoisotopic (exact) mass is 154 g/mol. The number of nitrogens with zero attached hydrogens (tertiary/aromatic N) is 2. The normalized spacial score (nSPS) is 32.6. The summed E-state index contributed by atoms with van der Waals surface area (Å²) < 4.78 is 0. The summed E-state index contributed by atoms with van der Waals surface area (Å²) >= 11 is 0. The molecule has 1 unspecified atom stereocenters. The maximum Gasteiger partial charge on any atom is 0.179 e. The van der Waals surface area contributed by atoms with Crippen LogP contribution >= 0.6 is 0 Å². The first-order valence-corrected chi connectivity index (χ1v) is 4.01. The van der Waals surface area contributed by atoms with Gasteiger partial charge < -0.3 is 10.0 Å². The molecular formula is C8H14N2O. The minimum absolute atomic E-state index is 0.550. The van der Waals surface area contributed by atoms with Gasteiger partial charge >= 0.3 is 0 Å². The molecule has 0 aliphatic carbocycles. The summed E-state index contributed by atoms with van der Waals surface area (Å²) in [5, 5.41) is 18.2. The third-order valence-electron chi connectivity index (χ3n) is 2.21. The van der Waals surface area contributed by atoms with Gasteiger partial charge in [-0.3, -0.25) is 0 Å². The van der Waals surface area contributed by atoms with Crippen molar-refractivity contribution in [3.63, 3.8) is 0 Å². The Morgan fingerprint density at radius 2 is 2.18 bits per heavy atom. The lowest BCUT2D eigenvalue weighted by atomic mass is 9.98. The maximum absolute atomic E-state index is 9.63. The topological polar surface area (TPSA) is 47.3 Å². The average molecular weight is 154 g/mol. The molecule has 1 aliphatic heterocycles. The molecule has 1 aliphatic rings. The van der Waals surface area contributed by atoms with Gasteiger partial charge in [0, 0.05) is 13.1 Å². The van der Waals surface area contributed by atoms with Crippen molar-refractivity contribution in [3.8, 4) is 6.19 Å². The Labute approximate surface area is 67.2 Å². The first kappa shape index (κ1) is 8.35. The van der Waals surface area contributed by atoms with Gasteiger partial charge in [-0.1, -0.05) is 0 Å². The van der Waals surface area contributed by atoms with Gasteiger partial charge in [0.1, 0.15) is 0 Å². The summed E-state index contributed by atoms with van der Waals surface area (Å²) in [4.78, 5) is 1.71. The lowest BCUT2D eigenvalue weighted by Gasteiger charge is -2.19. The van der Waals surface area contributed by atoms with E-state index < -0.39 is 5.60 Å². The Morgan fingerprint density at radius 1 is 1.45 bits per heavy atom. The second kappa shape index (κ2) is 3.10. The Kier molecular flexibility index (Phi) is 2.35. The van der Waals surface area contributed by atoms with Crippen LogP contribution in [0.1, 0.15) is 26.2 Å². The summed E-state index contributed by atoms with van der Waals surface area (Å²) in [7, 11) is 0. The maximum atomic E-state index is 9.63. The minimum atomic E-state index is -0.550. The van der Waals surface area contributed by atoms with Crippen LogP contribution in [-0.2, 0) is 0 Å². The van der Waals surface area contributed by atoms with Crippen molar-refractivity contribution in [1.29, 1.82) is 5.26 Å². The Morgan fingerprint density at radius 3 is 2.82 bits per heavy atom. The zero-order valence-corrected chi connectivity index (χ0v) is 6.88. The third kappa shape index (κ3) is 2.39. The molecule has 11 heavy (non-hydrogen) atoms. The largest absolute Gasteiger partial charge is 0.390 e. The molecule has 0 radical (unpaired) electrons. The molecule has 62 valence electrons. The highest BCUT2D eigenvalue weighted by molar-refractivity contribution is 4.83. The molecule has 0 amide bonds. The van der Waals surface area contributed by atoms with Crippen molar-refractivity contribution in [1.82, 2.24) is 4.90 Å². The van der Waals surface area contributed by atoms with Crippen molar-refractivity contribution in [2.45, 2.75) is 31.8 Å². The summed E-state index contributed by atoms with van der Waals surface area (Å²) in [6.07, 6.45) is 4.54. The van der Waals surface area contributed by atoms with Crippen molar-refractivity contribution in [2.24, 2.45) is 0 Å². The van der Waals surface area contributed by atoms with Crippen molar-refractivity contribution >= 4 is 0 Å². The van der Waals surface area contributed by atoms with E-state index >= 15 is 0 Å². The van der Waals surface area contributed by atoms with Crippen molar-refractivity contribution < 1.29 is 5.11 Å². The molecule has 1 rings (SSSR count). The molecule has 1 saturated heterocycles. The van der Waals surface area contributed by atoms with Gasteiger partial charge in [-0.05, 0) is 26.2 Å². The molecule has 0 aromatic rings. The summed E-state index contributed by atoms with van der Waals surface area (Å²) in [6, 6.07) is 0. The molecule has 1 N–H and O–H groups in total. The highest BCUT2D eigenvalue weighted by atomic mass is 16.3.